The number of ether oxygens (including phenoxy) is 1. The van der Waals surface area contributed by atoms with Crippen LogP contribution in [0.25, 0.3) is 0 Å². The number of nitrogens with one attached hydrogen (secondary N) is 1. The van der Waals surface area contributed by atoms with Crippen molar-refractivity contribution in [2.75, 3.05) is 11.9 Å². The largest absolute Gasteiger partial charge is 0.550 e. The summed E-state index contributed by atoms with van der Waals surface area (Å²) in [6.07, 6.45) is 2.26. The quantitative estimate of drug-likeness (QED) is 0.700. The van der Waals surface area contributed by atoms with Crippen molar-refractivity contribution in [3.63, 3.8) is 0 Å². The molecule has 0 radical (unpaired) electrons. The van der Waals surface area contributed by atoms with Gasteiger partial charge in [-0.3, -0.25) is 9.59 Å². The minimum absolute atomic E-state index is 0.0345. The summed E-state index contributed by atoms with van der Waals surface area (Å²) in [4.78, 5) is 47.9. The van der Waals surface area contributed by atoms with E-state index < -0.39 is 35.6 Å². The zero-order valence-electron chi connectivity index (χ0n) is 14.6. The molecule has 2 amide bonds. The van der Waals surface area contributed by atoms with Crippen molar-refractivity contribution in [2.45, 2.75) is 39.5 Å². The number of hydrogen-bond acceptors (Lipinski definition) is 7. The van der Waals surface area contributed by atoms with Crippen molar-refractivity contribution in [3.8, 4) is 0 Å². The molecular formula is C17H21N2O6S-. The molecule has 1 aromatic heterocycles. The maximum absolute atomic E-state index is 12.6. The molecule has 0 aliphatic heterocycles. The van der Waals surface area contributed by atoms with Crippen molar-refractivity contribution >= 4 is 40.1 Å². The van der Waals surface area contributed by atoms with Crippen LogP contribution in [0.5, 0.6) is 0 Å². The van der Waals surface area contributed by atoms with Crippen LogP contribution in [-0.4, -0.2) is 30.4 Å². The van der Waals surface area contributed by atoms with E-state index in [1.54, 1.807) is 13.8 Å². The van der Waals surface area contributed by atoms with Gasteiger partial charge in [0.1, 0.15) is 9.88 Å². The number of carbonyl (C=O) groups excluding carboxylic acids is 4. The zero-order chi connectivity index (χ0) is 19.4. The van der Waals surface area contributed by atoms with Crippen LogP contribution in [0.1, 0.15) is 58.2 Å². The molecule has 1 aliphatic rings. The Morgan fingerprint density at radius 2 is 1.85 bits per heavy atom. The standard InChI is InChI=1S/C17H22N2O6S/c1-3-25-17(24)12-8(2)11(13(18)20)15(26-12)19-14(21)9-6-4-5-7-10(9)16(22)23/h9-10H,3-7H2,1-2H3,(H2,18,20)(H,19,21)(H,22,23)/p-1/t9-,10-/m1/s1. The molecule has 0 unspecified atom stereocenters. The fraction of sp³-hybridized carbons (Fsp3) is 0.529. The van der Waals surface area contributed by atoms with E-state index >= 15 is 0 Å². The third-order valence-corrected chi connectivity index (χ3v) is 5.68. The van der Waals surface area contributed by atoms with Crippen LogP contribution in [0.4, 0.5) is 5.00 Å². The van der Waals surface area contributed by atoms with Gasteiger partial charge in [0.15, 0.2) is 0 Å². The molecule has 1 fully saturated rings. The molecule has 0 bridgehead atoms. The first-order valence-corrected chi connectivity index (χ1v) is 9.21. The Labute approximate surface area is 154 Å². The summed E-state index contributed by atoms with van der Waals surface area (Å²) >= 11 is 0.894. The van der Waals surface area contributed by atoms with Gasteiger partial charge in [-0.1, -0.05) is 12.8 Å². The Morgan fingerprint density at radius 1 is 1.23 bits per heavy atom. The summed E-state index contributed by atoms with van der Waals surface area (Å²) in [5.74, 6) is -4.78. The number of rotatable bonds is 6. The van der Waals surface area contributed by atoms with Gasteiger partial charge in [-0.25, -0.2) is 4.79 Å². The monoisotopic (exact) mass is 381 g/mol. The fourth-order valence-corrected chi connectivity index (χ4v) is 4.33. The van der Waals surface area contributed by atoms with Gasteiger partial charge < -0.3 is 25.7 Å². The third-order valence-electron chi connectivity index (χ3n) is 4.50. The summed E-state index contributed by atoms with van der Waals surface area (Å²) < 4.78 is 4.95. The van der Waals surface area contributed by atoms with Crippen LogP contribution in [0.3, 0.4) is 0 Å². The first-order chi connectivity index (χ1) is 12.3. The molecular weight excluding hydrogens is 360 g/mol. The maximum Gasteiger partial charge on any atom is 0.348 e. The predicted octanol–water partition coefficient (Wildman–Crippen LogP) is 0.827. The van der Waals surface area contributed by atoms with Crippen LogP contribution in [-0.2, 0) is 14.3 Å². The second-order valence-corrected chi connectivity index (χ2v) is 7.17. The average Bonchev–Trinajstić information content (AvgIpc) is 2.91. The van der Waals surface area contributed by atoms with Gasteiger partial charge in [-0.2, -0.15) is 0 Å². The molecule has 9 heteroatoms. The number of carboxylic acids is 1. The number of carboxylic acid groups (broad SMARTS) is 1. The zero-order valence-corrected chi connectivity index (χ0v) is 15.4. The predicted molar refractivity (Wildman–Crippen MR) is 92.6 cm³/mol. The van der Waals surface area contributed by atoms with Gasteiger partial charge >= 0.3 is 5.97 Å². The van der Waals surface area contributed by atoms with E-state index in [2.05, 4.69) is 5.32 Å². The minimum atomic E-state index is -1.26. The third kappa shape index (κ3) is 4.04. The van der Waals surface area contributed by atoms with Gasteiger partial charge in [0.25, 0.3) is 5.91 Å². The van der Waals surface area contributed by atoms with Crippen LogP contribution < -0.4 is 16.2 Å². The molecule has 0 spiro atoms. The lowest BCUT2D eigenvalue weighted by molar-refractivity contribution is -0.313. The highest BCUT2D eigenvalue weighted by atomic mass is 32.1. The van der Waals surface area contributed by atoms with E-state index in [9.17, 15) is 24.3 Å². The second kappa shape index (κ2) is 8.31. The number of thiophene rings is 1. The number of amides is 2. The SMILES string of the molecule is CCOC(=O)c1sc(NC(=O)[C@@H]2CCCC[C@H]2C(=O)[O-])c(C(N)=O)c1C. The lowest BCUT2D eigenvalue weighted by Crippen LogP contribution is -2.42. The number of primary amides is 1. The molecule has 1 heterocycles. The Hall–Kier alpha value is -2.42. The number of esters is 1. The normalized spacial score (nSPS) is 19.6. The lowest BCUT2D eigenvalue weighted by Gasteiger charge is -2.31. The van der Waals surface area contributed by atoms with Crippen molar-refractivity contribution in [3.05, 3.63) is 16.0 Å². The van der Waals surface area contributed by atoms with E-state index in [1.807, 2.05) is 0 Å². The van der Waals surface area contributed by atoms with Gasteiger partial charge in [-0.15, -0.1) is 11.3 Å². The van der Waals surface area contributed by atoms with E-state index in [0.717, 1.165) is 24.2 Å². The van der Waals surface area contributed by atoms with Crippen molar-refractivity contribution < 1.29 is 29.0 Å². The second-order valence-electron chi connectivity index (χ2n) is 6.15. The summed E-state index contributed by atoms with van der Waals surface area (Å²) in [6, 6.07) is 0. The molecule has 3 N–H and O–H groups in total. The van der Waals surface area contributed by atoms with Crippen LogP contribution >= 0.6 is 11.3 Å². The smallest absolute Gasteiger partial charge is 0.348 e. The lowest BCUT2D eigenvalue weighted by atomic mass is 9.79. The van der Waals surface area contributed by atoms with Gasteiger partial charge in [0, 0.05) is 17.8 Å². The van der Waals surface area contributed by atoms with Crippen molar-refractivity contribution in [1.29, 1.82) is 0 Å². The minimum Gasteiger partial charge on any atom is -0.550 e. The molecule has 8 nitrogen and oxygen atoms in total. The summed E-state index contributed by atoms with van der Waals surface area (Å²) in [5, 5.41) is 14.0. The van der Waals surface area contributed by atoms with E-state index in [1.165, 1.54) is 0 Å². The first kappa shape index (κ1) is 19.9. The van der Waals surface area contributed by atoms with Gasteiger partial charge in [0.05, 0.1) is 12.2 Å². The van der Waals surface area contributed by atoms with Gasteiger partial charge in [0.2, 0.25) is 5.91 Å². The molecule has 1 aromatic rings. The highest BCUT2D eigenvalue weighted by Crippen LogP contribution is 2.36. The van der Waals surface area contributed by atoms with Crippen molar-refractivity contribution in [1.82, 2.24) is 0 Å². The highest BCUT2D eigenvalue weighted by Gasteiger charge is 2.33. The topological polar surface area (TPSA) is 139 Å². The molecule has 0 saturated heterocycles. The van der Waals surface area contributed by atoms with E-state index in [4.69, 9.17) is 10.5 Å². The first-order valence-electron chi connectivity index (χ1n) is 8.39. The fourth-order valence-electron chi connectivity index (χ4n) is 3.22. The molecule has 26 heavy (non-hydrogen) atoms. The number of nitrogens with two attached hydrogens (primary N) is 1. The molecule has 1 saturated carbocycles. The number of anilines is 1. The van der Waals surface area contributed by atoms with Crippen molar-refractivity contribution in [2.24, 2.45) is 17.6 Å². The number of hydrogen-bond donors (Lipinski definition) is 2. The highest BCUT2D eigenvalue weighted by molar-refractivity contribution is 7.18. The summed E-state index contributed by atoms with van der Waals surface area (Å²) in [6.45, 7) is 3.36. The van der Waals surface area contributed by atoms with Gasteiger partial charge in [-0.05, 0) is 32.3 Å². The van der Waals surface area contributed by atoms with Crippen LogP contribution in [0, 0.1) is 18.8 Å². The molecule has 2 atom stereocenters. The number of carbonyl (C=O) groups is 4. The van der Waals surface area contributed by atoms with Crippen LogP contribution in [0.2, 0.25) is 0 Å². The van der Waals surface area contributed by atoms with Crippen LogP contribution in [0.15, 0.2) is 0 Å². The molecule has 142 valence electrons. The Kier molecular flexibility index (Phi) is 6.36. The van der Waals surface area contributed by atoms with E-state index in [0.29, 0.717) is 18.4 Å². The molecule has 2 rings (SSSR count). The number of aliphatic carboxylic acids is 1. The molecule has 1 aliphatic carbocycles. The summed E-state index contributed by atoms with van der Waals surface area (Å²) in [5.41, 5.74) is 5.76. The average molecular weight is 381 g/mol. The maximum atomic E-state index is 12.6. The Morgan fingerprint density at radius 3 is 2.38 bits per heavy atom. The summed E-state index contributed by atoms with van der Waals surface area (Å²) in [7, 11) is 0. The Balaban J connectivity index is 2.31. The van der Waals surface area contributed by atoms with E-state index in [-0.39, 0.29) is 22.0 Å². The molecule has 0 aromatic carbocycles. The Bertz CT molecular complexity index is 742.